The van der Waals surface area contributed by atoms with Crippen LogP contribution in [0.5, 0.6) is 0 Å². The van der Waals surface area contributed by atoms with Crippen molar-refractivity contribution in [2.24, 2.45) is 0 Å². The molecule has 0 N–H and O–H groups in total. The quantitative estimate of drug-likeness (QED) is 0.741. The van der Waals surface area contributed by atoms with Crippen LogP contribution in [0.15, 0.2) is 24.3 Å². The van der Waals surface area contributed by atoms with E-state index >= 15 is 0 Å². The second-order valence-corrected chi connectivity index (χ2v) is 6.90. The summed E-state index contributed by atoms with van der Waals surface area (Å²) >= 11 is 7.86. The second-order valence-electron chi connectivity index (χ2n) is 4.83. The number of benzene rings is 1. The fourth-order valence-electron chi connectivity index (χ4n) is 2.03. The van der Waals surface area contributed by atoms with E-state index in [1.165, 1.54) is 17.0 Å². The molecule has 1 aliphatic heterocycles. The number of anilines is 1. The lowest BCUT2D eigenvalue weighted by molar-refractivity contribution is 0.648. The molecular formula is C13H18ClNS. The molecule has 0 bridgehead atoms. The minimum absolute atomic E-state index is 0.364. The van der Waals surface area contributed by atoms with Gasteiger partial charge in [-0.2, -0.15) is 11.8 Å². The summed E-state index contributed by atoms with van der Waals surface area (Å²) in [6, 6.07) is 8.61. The first kappa shape index (κ1) is 12.1. The Morgan fingerprint density at radius 1 is 1.31 bits per heavy atom. The molecule has 0 spiro atoms. The molecule has 88 valence electrons. The van der Waals surface area contributed by atoms with Gasteiger partial charge >= 0.3 is 0 Å². The van der Waals surface area contributed by atoms with E-state index in [0.29, 0.717) is 10.6 Å². The van der Waals surface area contributed by atoms with Crippen LogP contribution in [0.4, 0.5) is 5.69 Å². The number of nitrogens with zero attached hydrogens (tertiary/aromatic N) is 1. The van der Waals surface area contributed by atoms with Crippen molar-refractivity contribution in [3.63, 3.8) is 0 Å². The summed E-state index contributed by atoms with van der Waals surface area (Å²) in [7, 11) is 0. The van der Waals surface area contributed by atoms with E-state index in [9.17, 15) is 0 Å². The standard InChI is InChI=1S/C13H18ClNS/c1-13(2)10-15(7-8-16-13)12-5-3-11(9-14)4-6-12/h3-6H,7-10H2,1-2H3. The zero-order valence-electron chi connectivity index (χ0n) is 9.87. The van der Waals surface area contributed by atoms with E-state index in [4.69, 9.17) is 11.6 Å². The summed E-state index contributed by atoms with van der Waals surface area (Å²) in [5.41, 5.74) is 2.51. The van der Waals surface area contributed by atoms with Crippen molar-refractivity contribution >= 4 is 29.1 Å². The van der Waals surface area contributed by atoms with Gasteiger partial charge in [-0.3, -0.25) is 0 Å². The van der Waals surface area contributed by atoms with Crippen LogP contribution in [0.2, 0.25) is 0 Å². The Morgan fingerprint density at radius 2 is 2.00 bits per heavy atom. The monoisotopic (exact) mass is 255 g/mol. The largest absolute Gasteiger partial charge is 0.369 e. The minimum atomic E-state index is 0.364. The van der Waals surface area contributed by atoms with E-state index in [0.717, 1.165) is 13.1 Å². The van der Waals surface area contributed by atoms with Crippen LogP contribution in [0.1, 0.15) is 19.4 Å². The smallest absolute Gasteiger partial charge is 0.0474 e. The fraction of sp³-hybridized carbons (Fsp3) is 0.538. The predicted octanol–water partition coefficient (Wildman–Crippen LogP) is 3.76. The van der Waals surface area contributed by atoms with Crippen LogP contribution in [-0.2, 0) is 5.88 Å². The zero-order valence-corrected chi connectivity index (χ0v) is 11.4. The highest BCUT2D eigenvalue weighted by atomic mass is 35.5. The van der Waals surface area contributed by atoms with Gasteiger partial charge in [0.1, 0.15) is 0 Å². The highest BCUT2D eigenvalue weighted by Crippen LogP contribution is 2.32. The number of rotatable bonds is 2. The Kier molecular flexibility index (Phi) is 3.70. The van der Waals surface area contributed by atoms with Gasteiger partial charge in [0.15, 0.2) is 0 Å². The van der Waals surface area contributed by atoms with Crippen LogP contribution >= 0.6 is 23.4 Å². The van der Waals surface area contributed by atoms with Gasteiger partial charge in [0.25, 0.3) is 0 Å². The van der Waals surface area contributed by atoms with Crippen LogP contribution < -0.4 is 4.90 Å². The first-order valence-corrected chi connectivity index (χ1v) is 7.16. The summed E-state index contributed by atoms with van der Waals surface area (Å²) in [4.78, 5) is 2.47. The first-order chi connectivity index (χ1) is 7.61. The summed E-state index contributed by atoms with van der Waals surface area (Å²) in [6.45, 7) is 6.90. The Morgan fingerprint density at radius 3 is 2.56 bits per heavy atom. The third-order valence-corrected chi connectivity index (χ3v) is 4.49. The lowest BCUT2D eigenvalue weighted by Crippen LogP contribution is -2.43. The minimum Gasteiger partial charge on any atom is -0.369 e. The summed E-state index contributed by atoms with van der Waals surface area (Å²) < 4.78 is 0.364. The Labute approximate surface area is 107 Å². The van der Waals surface area contributed by atoms with Crippen LogP contribution in [0.3, 0.4) is 0 Å². The molecule has 0 atom stereocenters. The molecule has 3 heteroatoms. The summed E-state index contributed by atoms with van der Waals surface area (Å²) in [5, 5.41) is 0. The number of halogens is 1. The first-order valence-electron chi connectivity index (χ1n) is 5.64. The molecule has 0 aliphatic carbocycles. The molecule has 0 saturated carbocycles. The lowest BCUT2D eigenvalue weighted by Gasteiger charge is -2.39. The highest BCUT2D eigenvalue weighted by molar-refractivity contribution is 8.00. The maximum absolute atomic E-state index is 5.79. The molecule has 1 saturated heterocycles. The molecule has 1 nitrogen and oxygen atoms in total. The van der Waals surface area contributed by atoms with Gasteiger partial charge in [-0.15, -0.1) is 11.6 Å². The number of hydrogen-bond donors (Lipinski definition) is 0. The molecule has 0 unspecified atom stereocenters. The van der Waals surface area contributed by atoms with Crippen molar-refractivity contribution in [2.45, 2.75) is 24.5 Å². The third-order valence-electron chi connectivity index (χ3n) is 2.88. The Bertz CT molecular complexity index is 347. The summed E-state index contributed by atoms with van der Waals surface area (Å²) in [5.74, 6) is 1.81. The van der Waals surface area contributed by atoms with E-state index in [-0.39, 0.29) is 0 Å². The van der Waals surface area contributed by atoms with Crippen molar-refractivity contribution in [2.75, 3.05) is 23.7 Å². The van der Waals surface area contributed by atoms with Crippen molar-refractivity contribution in [1.82, 2.24) is 0 Å². The van der Waals surface area contributed by atoms with Gasteiger partial charge < -0.3 is 4.90 Å². The second kappa shape index (κ2) is 4.89. The molecule has 0 amide bonds. The highest BCUT2D eigenvalue weighted by Gasteiger charge is 2.26. The zero-order chi connectivity index (χ0) is 11.6. The van der Waals surface area contributed by atoms with Gasteiger partial charge in [0.2, 0.25) is 0 Å². The van der Waals surface area contributed by atoms with E-state index < -0.39 is 0 Å². The Balaban J connectivity index is 2.11. The van der Waals surface area contributed by atoms with E-state index in [2.05, 4.69) is 54.8 Å². The number of thioether (sulfide) groups is 1. The van der Waals surface area contributed by atoms with Crippen molar-refractivity contribution in [3.8, 4) is 0 Å². The van der Waals surface area contributed by atoms with Gasteiger partial charge in [0, 0.05) is 35.2 Å². The predicted molar refractivity (Wildman–Crippen MR) is 74.7 cm³/mol. The molecule has 1 aliphatic rings. The molecule has 2 rings (SSSR count). The normalized spacial score (nSPS) is 19.8. The SMILES string of the molecule is CC1(C)CN(c2ccc(CCl)cc2)CCS1. The number of hydrogen-bond acceptors (Lipinski definition) is 2. The van der Waals surface area contributed by atoms with Gasteiger partial charge in [-0.05, 0) is 31.5 Å². The fourth-order valence-corrected chi connectivity index (χ4v) is 3.32. The average molecular weight is 256 g/mol. The topological polar surface area (TPSA) is 3.24 Å². The average Bonchev–Trinajstić information content (AvgIpc) is 2.28. The molecule has 1 aromatic carbocycles. The molecule has 1 aromatic rings. The van der Waals surface area contributed by atoms with Gasteiger partial charge in [-0.1, -0.05) is 12.1 Å². The molecule has 1 heterocycles. The van der Waals surface area contributed by atoms with Crippen LogP contribution in [0.25, 0.3) is 0 Å². The van der Waals surface area contributed by atoms with E-state index in [1.54, 1.807) is 0 Å². The maximum Gasteiger partial charge on any atom is 0.0474 e. The third kappa shape index (κ3) is 2.86. The van der Waals surface area contributed by atoms with Crippen LogP contribution in [0, 0.1) is 0 Å². The molecule has 0 aromatic heterocycles. The molecule has 1 fully saturated rings. The molecule has 16 heavy (non-hydrogen) atoms. The maximum atomic E-state index is 5.79. The van der Waals surface area contributed by atoms with Gasteiger partial charge in [0.05, 0.1) is 0 Å². The molecule has 0 radical (unpaired) electrons. The van der Waals surface area contributed by atoms with Crippen molar-refractivity contribution in [3.05, 3.63) is 29.8 Å². The van der Waals surface area contributed by atoms with Gasteiger partial charge in [-0.25, -0.2) is 0 Å². The van der Waals surface area contributed by atoms with Crippen molar-refractivity contribution in [1.29, 1.82) is 0 Å². The van der Waals surface area contributed by atoms with Crippen molar-refractivity contribution < 1.29 is 0 Å². The Hall–Kier alpha value is -0.340. The lowest BCUT2D eigenvalue weighted by atomic mass is 10.1. The molecular weight excluding hydrogens is 238 g/mol. The summed E-state index contributed by atoms with van der Waals surface area (Å²) in [6.07, 6.45) is 0. The van der Waals surface area contributed by atoms with E-state index in [1.807, 2.05) is 0 Å². The number of alkyl halides is 1. The van der Waals surface area contributed by atoms with Crippen LogP contribution in [-0.4, -0.2) is 23.6 Å².